The van der Waals surface area contributed by atoms with Gasteiger partial charge >= 0.3 is 0 Å². The van der Waals surface area contributed by atoms with Crippen LogP contribution in [0.4, 0.5) is 5.69 Å². The number of pyridine rings is 2. The lowest BCUT2D eigenvalue weighted by molar-refractivity contribution is 0.300. The lowest BCUT2D eigenvalue weighted by atomic mass is 10.3. The predicted octanol–water partition coefficient (Wildman–Crippen LogP) is 1.63. The first kappa shape index (κ1) is 9.77. The second-order valence-corrected chi connectivity index (χ2v) is 3.52. The summed E-state index contributed by atoms with van der Waals surface area (Å²) in [4.78, 5) is 17.9. The van der Waals surface area contributed by atoms with Gasteiger partial charge in [0.1, 0.15) is 6.67 Å². The normalized spacial score (nSPS) is 14.4. The fourth-order valence-electron chi connectivity index (χ4n) is 1.57. The van der Waals surface area contributed by atoms with Crippen molar-refractivity contribution in [3.63, 3.8) is 0 Å². The maximum absolute atomic E-state index is 5.66. The third kappa shape index (κ3) is 1.94. The molecule has 5 nitrogen and oxygen atoms in total. The summed E-state index contributed by atoms with van der Waals surface area (Å²) in [5.41, 5.74) is 1.87. The molecule has 0 saturated heterocycles. The predicted molar refractivity (Wildman–Crippen MR) is 63.4 cm³/mol. The van der Waals surface area contributed by atoms with Gasteiger partial charge in [0, 0.05) is 30.4 Å². The molecule has 1 aliphatic rings. The molecule has 17 heavy (non-hydrogen) atoms. The van der Waals surface area contributed by atoms with E-state index in [1.54, 1.807) is 29.9 Å². The fraction of sp³-hybridized carbons (Fsp3) is 0.0833. The van der Waals surface area contributed by atoms with Crippen molar-refractivity contribution in [1.29, 1.82) is 0 Å². The van der Waals surface area contributed by atoms with E-state index in [4.69, 9.17) is 4.84 Å². The third-order valence-corrected chi connectivity index (χ3v) is 2.42. The molecule has 2 aromatic rings. The van der Waals surface area contributed by atoms with Crippen molar-refractivity contribution >= 4 is 11.6 Å². The zero-order chi connectivity index (χ0) is 11.5. The molecule has 84 valence electrons. The van der Waals surface area contributed by atoms with Crippen molar-refractivity contribution in [1.82, 2.24) is 9.97 Å². The molecule has 0 saturated carbocycles. The zero-order valence-corrected chi connectivity index (χ0v) is 9.02. The van der Waals surface area contributed by atoms with Gasteiger partial charge in [-0.2, -0.15) is 5.06 Å². The molecule has 1 aliphatic heterocycles. The fourth-order valence-corrected chi connectivity index (χ4v) is 1.57. The minimum atomic E-state index is 0.488. The monoisotopic (exact) mass is 226 g/mol. The highest BCUT2D eigenvalue weighted by molar-refractivity contribution is 5.95. The van der Waals surface area contributed by atoms with Crippen molar-refractivity contribution in [2.24, 2.45) is 4.99 Å². The van der Waals surface area contributed by atoms with Crippen LogP contribution in [0.3, 0.4) is 0 Å². The Hall–Kier alpha value is -2.43. The molecule has 0 aliphatic carbocycles. The topological polar surface area (TPSA) is 50.6 Å². The zero-order valence-electron chi connectivity index (χ0n) is 9.02. The molecule has 3 heterocycles. The molecule has 3 rings (SSSR count). The van der Waals surface area contributed by atoms with Crippen LogP contribution in [-0.2, 0) is 4.84 Å². The highest BCUT2D eigenvalue weighted by atomic mass is 16.7. The van der Waals surface area contributed by atoms with Crippen LogP contribution < -0.4 is 5.06 Å². The molecule has 2 aromatic heterocycles. The van der Waals surface area contributed by atoms with Gasteiger partial charge in [-0.15, -0.1) is 0 Å². The van der Waals surface area contributed by atoms with Crippen LogP contribution in [0.2, 0.25) is 0 Å². The van der Waals surface area contributed by atoms with E-state index >= 15 is 0 Å². The largest absolute Gasteiger partial charge is 0.357 e. The van der Waals surface area contributed by atoms with Crippen LogP contribution in [0.5, 0.6) is 0 Å². The minimum Gasteiger partial charge on any atom is -0.357 e. The van der Waals surface area contributed by atoms with Crippen LogP contribution >= 0.6 is 0 Å². The summed E-state index contributed by atoms with van der Waals surface area (Å²) in [7, 11) is 0. The first-order valence-corrected chi connectivity index (χ1v) is 5.24. The third-order valence-electron chi connectivity index (χ3n) is 2.42. The van der Waals surface area contributed by atoms with Gasteiger partial charge in [-0.05, 0) is 24.3 Å². The van der Waals surface area contributed by atoms with Gasteiger partial charge in [-0.25, -0.2) is 4.99 Å². The van der Waals surface area contributed by atoms with Crippen LogP contribution in [0.15, 0.2) is 54.0 Å². The Bertz CT molecular complexity index is 527. The molecule has 0 unspecified atom stereocenters. The Morgan fingerprint density at radius 1 is 0.941 bits per heavy atom. The smallest absolute Gasteiger partial charge is 0.250 e. The van der Waals surface area contributed by atoms with E-state index < -0.39 is 0 Å². The van der Waals surface area contributed by atoms with Gasteiger partial charge in [0.2, 0.25) is 0 Å². The highest BCUT2D eigenvalue weighted by Crippen LogP contribution is 2.18. The summed E-state index contributed by atoms with van der Waals surface area (Å²) in [6.45, 7) is 0.488. The van der Waals surface area contributed by atoms with Crippen LogP contribution in [-0.4, -0.2) is 22.5 Å². The average Bonchev–Trinajstić information content (AvgIpc) is 2.90. The lowest BCUT2D eigenvalue weighted by Gasteiger charge is -2.15. The van der Waals surface area contributed by atoms with E-state index in [1.165, 1.54) is 0 Å². The van der Waals surface area contributed by atoms with Crippen molar-refractivity contribution in [3.05, 3.63) is 54.6 Å². The van der Waals surface area contributed by atoms with Gasteiger partial charge in [0.15, 0.2) is 0 Å². The van der Waals surface area contributed by atoms with E-state index in [-0.39, 0.29) is 0 Å². The van der Waals surface area contributed by atoms with Gasteiger partial charge in [0.25, 0.3) is 5.90 Å². The standard InChI is InChI=1S/C12H10N4O/c1-5-13-6-2-10(1)12-15-9-16(17-12)11-3-7-14-8-4-11/h1-8H,9H2. The lowest BCUT2D eigenvalue weighted by Crippen LogP contribution is -2.19. The summed E-state index contributed by atoms with van der Waals surface area (Å²) >= 11 is 0. The van der Waals surface area contributed by atoms with Crippen molar-refractivity contribution in [2.75, 3.05) is 11.7 Å². The number of hydrogen-bond donors (Lipinski definition) is 0. The summed E-state index contributed by atoms with van der Waals surface area (Å²) in [5.74, 6) is 0.615. The number of hydroxylamine groups is 1. The first-order chi connectivity index (χ1) is 8.43. The van der Waals surface area contributed by atoms with Gasteiger partial charge < -0.3 is 4.84 Å². The Kier molecular flexibility index (Phi) is 2.42. The molecule has 5 heteroatoms. The molecule has 0 amide bonds. The molecule has 0 radical (unpaired) electrons. The number of nitrogens with zero attached hydrogens (tertiary/aromatic N) is 4. The Morgan fingerprint density at radius 3 is 2.29 bits per heavy atom. The number of aliphatic imine (C=N–C) groups is 1. The van der Waals surface area contributed by atoms with Crippen molar-refractivity contribution in [3.8, 4) is 0 Å². The molecule has 0 spiro atoms. The van der Waals surface area contributed by atoms with Gasteiger partial charge in [0.05, 0.1) is 5.69 Å². The quantitative estimate of drug-likeness (QED) is 0.781. The van der Waals surface area contributed by atoms with Gasteiger partial charge in [-0.3, -0.25) is 9.97 Å². The Morgan fingerprint density at radius 2 is 1.59 bits per heavy atom. The maximum atomic E-state index is 5.66. The molecule has 0 N–H and O–H groups in total. The Labute approximate surface area is 98.4 Å². The molecular weight excluding hydrogens is 216 g/mol. The highest BCUT2D eigenvalue weighted by Gasteiger charge is 2.19. The SMILES string of the molecule is c1cc(C2=NCN(c3ccncc3)O2)ccn1. The van der Waals surface area contributed by atoms with Crippen LogP contribution in [0, 0.1) is 0 Å². The summed E-state index contributed by atoms with van der Waals surface area (Å²) in [5, 5.41) is 1.72. The van der Waals surface area contributed by atoms with Crippen LogP contribution in [0.1, 0.15) is 5.56 Å². The Balaban J connectivity index is 1.78. The molecule has 0 bridgehead atoms. The maximum Gasteiger partial charge on any atom is 0.250 e. The summed E-state index contributed by atoms with van der Waals surface area (Å²) in [6, 6.07) is 7.50. The summed E-state index contributed by atoms with van der Waals surface area (Å²) in [6.07, 6.45) is 6.89. The minimum absolute atomic E-state index is 0.488. The average molecular weight is 226 g/mol. The second kappa shape index (κ2) is 4.21. The summed E-state index contributed by atoms with van der Waals surface area (Å²) < 4.78 is 0. The van der Waals surface area contributed by atoms with E-state index in [0.717, 1.165) is 11.3 Å². The number of aromatic nitrogens is 2. The van der Waals surface area contributed by atoms with Crippen LogP contribution in [0.25, 0.3) is 0 Å². The number of anilines is 1. The number of hydrogen-bond acceptors (Lipinski definition) is 5. The van der Waals surface area contributed by atoms with E-state index in [2.05, 4.69) is 15.0 Å². The van der Waals surface area contributed by atoms with Crippen molar-refractivity contribution in [2.45, 2.75) is 0 Å². The van der Waals surface area contributed by atoms with E-state index in [0.29, 0.717) is 12.6 Å². The van der Waals surface area contributed by atoms with Gasteiger partial charge in [-0.1, -0.05) is 0 Å². The van der Waals surface area contributed by atoms with E-state index in [9.17, 15) is 0 Å². The molecule has 0 fully saturated rings. The number of rotatable bonds is 2. The first-order valence-electron chi connectivity index (χ1n) is 5.24. The second-order valence-electron chi connectivity index (χ2n) is 3.52. The molecular formula is C12H10N4O. The van der Waals surface area contributed by atoms with E-state index in [1.807, 2.05) is 24.3 Å². The molecule has 0 atom stereocenters. The molecule has 0 aromatic carbocycles. The van der Waals surface area contributed by atoms with Crippen molar-refractivity contribution < 1.29 is 4.84 Å².